The van der Waals surface area contributed by atoms with Crippen molar-refractivity contribution >= 4 is 16.6 Å². The molecule has 3 aromatic carbocycles. The van der Waals surface area contributed by atoms with E-state index in [9.17, 15) is 4.79 Å². The number of rotatable bonds is 3. The summed E-state index contributed by atoms with van der Waals surface area (Å²) in [7, 11) is 1.61. The maximum Gasteiger partial charge on any atom is 0.344 e. The van der Waals surface area contributed by atoms with Crippen molar-refractivity contribution in [3.8, 4) is 28.8 Å². The fraction of sp³-hybridized carbons (Fsp3) is 0.0714. The summed E-state index contributed by atoms with van der Waals surface area (Å²) in [5.74, 6) is 1.53. The summed E-state index contributed by atoms with van der Waals surface area (Å²) in [6.45, 7) is 0. The first-order valence-electron chi connectivity index (χ1n) is 11.4. The summed E-state index contributed by atoms with van der Waals surface area (Å²) >= 11 is 0. The molecule has 7 rings (SSSR count). The van der Waals surface area contributed by atoms with Gasteiger partial charge in [-0.1, -0.05) is 54.6 Å². The monoisotopic (exact) mass is 474 g/mol. The van der Waals surface area contributed by atoms with Crippen LogP contribution in [-0.2, 0) is 0 Å². The lowest BCUT2D eigenvalue weighted by molar-refractivity contribution is 0.414. The standard InChI is InChI=1S/C28H18N4O4/c1-34-18-13-11-16(12-14-18)21-22-24(19-9-5-6-10-20(19)35-28(22)33)36-27-23(21)26-30-25(31-32(26)15-29-27)17-7-3-2-4-8-17/h2-15,21H,1H3. The molecule has 0 bridgehead atoms. The first-order chi connectivity index (χ1) is 17.7. The minimum Gasteiger partial charge on any atom is -0.497 e. The van der Waals surface area contributed by atoms with Gasteiger partial charge >= 0.3 is 5.63 Å². The smallest absolute Gasteiger partial charge is 0.344 e. The molecule has 6 aromatic rings. The zero-order chi connectivity index (χ0) is 24.2. The highest BCUT2D eigenvalue weighted by molar-refractivity contribution is 5.87. The predicted molar refractivity (Wildman–Crippen MR) is 133 cm³/mol. The SMILES string of the molecule is COc1ccc(C2c3c(c4ccccc4oc3=O)Oc3ncn4nc(-c5ccccc5)nc4c32)cc1. The molecule has 0 amide bonds. The number of hydrogen-bond donors (Lipinski definition) is 0. The van der Waals surface area contributed by atoms with Crippen molar-refractivity contribution in [1.82, 2.24) is 19.6 Å². The number of para-hydroxylation sites is 1. The fourth-order valence-corrected chi connectivity index (χ4v) is 4.77. The van der Waals surface area contributed by atoms with Gasteiger partial charge in [0, 0.05) is 5.56 Å². The lowest BCUT2D eigenvalue weighted by Crippen LogP contribution is -2.22. The maximum absolute atomic E-state index is 13.4. The van der Waals surface area contributed by atoms with Crippen molar-refractivity contribution in [1.29, 1.82) is 0 Å². The van der Waals surface area contributed by atoms with Gasteiger partial charge in [0.05, 0.1) is 29.5 Å². The molecule has 1 aliphatic rings. The number of fused-ring (bicyclic) bond motifs is 6. The second-order valence-electron chi connectivity index (χ2n) is 8.47. The topological polar surface area (TPSA) is 91.8 Å². The van der Waals surface area contributed by atoms with Crippen LogP contribution in [0.2, 0.25) is 0 Å². The Bertz CT molecular complexity index is 1830. The molecule has 8 nitrogen and oxygen atoms in total. The molecular formula is C28H18N4O4. The van der Waals surface area contributed by atoms with E-state index in [4.69, 9.17) is 18.9 Å². The third kappa shape index (κ3) is 3.01. The van der Waals surface area contributed by atoms with Crippen LogP contribution in [0.25, 0.3) is 28.0 Å². The highest BCUT2D eigenvalue weighted by atomic mass is 16.5. The molecule has 4 heterocycles. The number of benzene rings is 3. The molecule has 3 aromatic heterocycles. The molecule has 1 atom stereocenters. The largest absolute Gasteiger partial charge is 0.497 e. The van der Waals surface area contributed by atoms with Gasteiger partial charge in [0.15, 0.2) is 17.2 Å². The highest BCUT2D eigenvalue weighted by Crippen LogP contribution is 2.48. The van der Waals surface area contributed by atoms with E-state index in [-0.39, 0.29) is 0 Å². The van der Waals surface area contributed by atoms with Crippen LogP contribution < -0.4 is 15.1 Å². The van der Waals surface area contributed by atoms with Crippen LogP contribution in [-0.4, -0.2) is 26.7 Å². The van der Waals surface area contributed by atoms with Crippen LogP contribution in [0.5, 0.6) is 17.4 Å². The molecule has 0 saturated heterocycles. The first-order valence-corrected chi connectivity index (χ1v) is 11.4. The summed E-state index contributed by atoms with van der Waals surface area (Å²) in [6.07, 6.45) is 1.58. The van der Waals surface area contributed by atoms with Crippen molar-refractivity contribution < 1.29 is 13.9 Å². The van der Waals surface area contributed by atoms with Gasteiger partial charge in [0.25, 0.3) is 0 Å². The molecule has 8 heteroatoms. The molecule has 0 aliphatic carbocycles. The summed E-state index contributed by atoms with van der Waals surface area (Å²) in [4.78, 5) is 22.8. The van der Waals surface area contributed by atoms with E-state index in [1.807, 2.05) is 72.8 Å². The quantitative estimate of drug-likeness (QED) is 0.325. The van der Waals surface area contributed by atoms with E-state index in [0.29, 0.717) is 50.9 Å². The Hall–Kier alpha value is -4.98. The lowest BCUT2D eigenvalue weighted by atomic mass is 9.84. The van der Waals surface area contributed by atoms with Gasteiger partial charge in [0.2, 0.25) is 5.88 Å². The predicted octanol–water partition coefficient (Wildman–Crippen LogP) is 5.19. The van der Waals surface area contributed by atoms with Gasteiger partial charge in [-0.15, -0.1) is 5.10 Å². The summed E-state index contributed by atoms with van der Waals surface area (Å²) < 4.78 is 19.0. The average molecular weight is 474 g/mol. The third-order valence-corrected chi connectivity index (χ3v) is 6.44. The van der Waals surface area contributed by atoms with Crippen molar-refractivity contribution in [3.63, 3.8) is 0 Å². The van der Waals surface area contributed by atoms with Crippen LogP contribution in [0, 0.1) is 0 Å². The van der Waals surface area contributed by atoms with E-state index >= 15 is 0 Å². The van der Waals surface area contributed by atoms with Crippen molar-refractivity contribution in [2.75, 3.05) is 7.11 Å². The van der Waals surface area contributed by atoms with E-state index in [0.717, 1.165) is 11.1 Å². The summed E-state index contributed by atoms with van der Waals surface area (Å²) in [5, 5.41) is 5.34. The number of ether oxygens (including phenoxy) is 2. The zero-order valence-corrected chi connectivity index (χ0v) is 19.1. The van der Waals surface area contributed by atoms with Gasteiger partial charge in [-0.05, 0) is 29.8 Å². The van der Waals surface area contributed by atoms with Gasteiger partial charge in [0.1, 0.15) is 17.7 Å². The zero-order valence-electron chi connectivity index (χ0n) is 19.1. The van der Waals surface area contributed by atoms with E-state index in [1.165, 1.54) is 0 Å². The minimum atomic E-state index is -0.542. The molecular weight excluding hydrogens is 456 g/mol. The Morgan fingerprint density at radius 2 is 1.69 bits per heavy atom. The van der Waals surface area contributed by atoms with Crippen LogP contribution >= 0.6 is 0 Å². The first kappa shape index (κ1) is 20.4. The second kappa shape index (κ2) is 7.78. The molecule has 0 N–H and O–H groups in total. The molecule has 0 saturated carbocycles. The Labute approximate surface area is 204 Å². The molecule has 0 spiro atoms. The average Bonchev–Trinajstić information content (AvgIpc) is 3.37. The van der Waals surface area contributed by atoms with E-state index in [2.05, 4.69) is 10.1 Å². The molecule has 174 valence electrons. The van der Waals surface area contributed by atoms with Gasteiger partial charge in [-0.25, -0.2) is 19.3 Å². The van der Waals surface area contributed by atoms with Crippen LogP contribution in [0.4, 0.5) is 0 Å². The van der Waals surface area contributed by atoms with Gasteiger partial charge < -0.3 is 13.9 Å². The minimum absolute atomic E-state index is 0.374. The van der Waals surface area contributed by atoms with Crippen LogP contribution in [0.1, 0.15) is 22.6 Å². The molecule has 0 fully saturated rings. The lowest BCUT2D eigenvalue weighted by Gasteiger charge is -2.27. The Morgan fingerprint density at radius 1 is 0.917 bits per heavy atom. The summed E-state index contributed by atoms with van der Waals surface area (Å²) in [5.41, 5.74) is 3.30. The molecule has 36 heavy (non-hydrogen) atoms. The van der Waals surface area contributed by atoms with E-state index in [1.54, 1.807) is 24.0 Å². The Kier molecular flexibility index (Phi) is 4.41. The number of nitrogens with zero attached hydrogens (tertiary/aromatic N) is 4. The van der Waals surface area contributed by atoms with Crippen molar-refractivity contribution in [2.24, 2.45) is 0 Å². The van der Waals surface area contributed by atoms with Gasteiger partial charge in [-0.2, -0.15) is 0 Å². The number of aromatic nitrogens is 4. The maximum atomic E-state index is 13.4. The number of methoxy groups -OCH3 is 1. The van der Waals surface area contributed by atoms with Gasteiger partial charge in [-0.3, -0.25) is 0 Å². The van der Waals surface area contributed by atoms with E-state index < -0.39 is 11.5 Å². The molecule has 1 aliphatic heterocycles. The second-order valence-corrected chi connectivity index (χ2v) is 8.47. The Balaban J connectivity index is 1.54. The highest BCUT2D eigenvalue weighted by Gasteiger charge is 2.37. The Morgan fingerprint density at radius 3 is 2.50 bits per heavy atom. The molecule has 0 radical (unpaired) electrons. The van der Waals surface area contributed by atoms with Crippen molar-refractivity contribution in [2.45, 2.75) is 5.92 Å². The normalized spacial score (nSPS) is 14.3. The van der Waals surface area contributed by atoms with Crippen molar-refractivity contribution in [3.05, 3.63) is 112 Å². The molecule has 1 unspecified atom stereocenters. The third-order valence-electron chi connectivity index (χ3n) is 6.44. The summed E-state index contributed by atoms with van der Waals surface area (Å²) in [6, 6.07) is 24.6. The van der Waals surface area contributed by atoms with Crippen LogP contribution in [0.3, 0.4) is 0 Å². The number of hydrogen-bond acceptors (Lipinski definition) is 7. The van der Waals surface area contributed by atoms with Crippen LogP contribution in [0.15, 0.2) is 94.4 Å². The fourth-order valence-electron chi connectivity index (χ4n) is 4.77.